The van der Waals surface area contributed by atoms with E-state index in [2.05, 4.69) is 5.32 Å². The van der Waals surface area contributed by atoms with Gasteiger partial charge in [-0.15, -0.1) is 0 Å². The molecule has 1 amide bonds. The molecule has 0 radical (unpaired) electrons. The average Bonchev–Trinajstić information content (AvgIpc) is 3.12. The maximum Gasteiger partial charge on any atom is 0.251 e. The molecule has 1 aromatic carbocycles. The number of anilines is 1. The lowest BCUT2D eigenvalue weighted by Crippen LogP contribution is -2.32. The van der Waals surface area contributed by atoms with Gasteiger partial charge in [-0.3, -0.25) is 4.79 Å². The van der Waals surface area contributed by atoms with Crippen molar-refractivity contribution in [3.8, 4) is 5.75 Å². The van der Waals surface area contributed by atoms with E-state index in [9.17, 15) is 4.79 Å². The smallest absolute Gasteiger partial charge is 0.251 e. The minimum Gasteiger partial charge on any atom is -0.494 e. The lowest BCUT2D eigenvalue weighted by molar-refractivity contribution is 0.0937. The Hall–Kier alpha value is -1.71. The highest BCUT2D eigenvalue weighted by molar-refractivity contribution is 5.95. The molecule has 4 nitrogen and oxygen atoms in total. The second-order valence-electron chi connectivity index (χ2n) is 5.28. The molecule has 1 saturated carbocycles. The molecule has 0 aliphatic heterocycles. The summed E-state index contributed by atoms with van der Waals surface area (Å²) in [4.78, 5) is 12.1. The number of nitrogens with two attached hydrogens (primary N) is 1. The van der Waals surface area contributed by atoms with Crippen molar-refractivity contribution in [2.45, 2.75) is 39.2 Å². The molecule has 4 heteroatoms. The van der Waals surface area contributed by atoms with Crippen LogP contribution >= 0.6 is 0 Å². The standard InChI is InChI=1S/C15H22N2O2/c1-3-19-14-8-12(7-13(16)9-14)15(18)17-10(2)6-11-4-5-11/h7-11H,3-6,16H2,1-2H3,(H,17,18). The number of nitrogen functional groups attached to an aromatic ring is 1. The van der Waals surface area contributed by atoms with E-state index in [1.165, 1.54) is 12.8 Å². The van der Waals surface area contributed by atoms with Gasteiger partial charge in [0.2, 0.25) is 0 Å². The Labute approximate surface area is 114 Å². The lowest BCUT2D eigenvalue weighted by atomic mass is 10.1. The first kappa shape index (κ1) is 13.7. The Kier molecular flexibility index (Phi) is 4.30. The largest absolute Gasteiger partial charge is 0.494 e. The summed E-state index contributed by atoms with van der Waals surface area (Å²) in [7, 11) is 0. The maximum atomic E-state index is 12.1. The first-order valence-corrected chi connectivity index (χ1v) is 6.92. The topological polar surface area (TPSA) is 64.3 Å². The van der Waals surface area contributed by atoms with Crippen molar-refractivity contribution in [3.05, 3.63) is 23.8 Å². The zero-order chi connectivity index (χ0) is 13.8. The number of benzene rings is 1. The molecule has 2 rings (SSSR count). The molecule has 19 heavy (non-hydrogen) atoms. The van der Waals surface area contributed by atoms with Gasteiger partial charge in [-0.25, -0.2) is 0 Å². The summed E-state index contributed by atoms with van der Waals surface area (Å²) < 4.78 is 5.40. The van der Waals surface area contributed by atoms with E-state index < -0.39 is 0 Å². The minimum atomic E-state index is -0.0820. The first-order valence-electron chi connectivity index (χ1n) is 6.92. The van der Waals surface area contributed by atoms with E-state index in [-0.39, 0.29) is 11.9 Å². The fraction of sp³-hybridized carbons (Fsp3) is 0.533. The van der Waals surface area contributed by atoms with Gasteiger partial charge in [-0.1, -0.05) is 12.8 Å². The van der Waals surface area contributed by atoms with Crippen LogP contribution in [0.2, 0.25) is 0 Å². The molecule has 1 fully saturated rings. The Morgan fingerprint density at radius 3 is 2.84 bits per heavy atom. The number of amides is 1. The van der Waals surface area contributed by atoms with Crippen LogP contribution in [0.4, 0.5) is 5.69 Å². The van der Waals surface area contributed by atoms with Gasteiger partial charge >= 0.3 is 0 Å². The van der Waals surface area contributed by atoms with E-state index in [1.54, 1.807) is 18.2 Å². The van der Waals surface area contributed by atoms with Crippen molar-refractivity contribution in [2.24, 2.45) is 5.92 Å². The van der Waals surface area contributed by atoms with Crippen molar-refractivity contribution in [1.29, 1.82) is 0 Å². The predicted molar refractivity (Wildman–Crippen MR) is 76.3 cm³/mol. The monoisotopic (exact) mass is 262 g/mol. The van der Waals surface area contributed by atoms with E-state index in [0.717, 1.165) is 12.3 Å². The zero-order valence-electron chi connectivity index (χ0n) is 11.6. The molecule has 1 unspecified atom stereocenters. The fourth-order valence-electron chi connectivity index (χ4n) is 2.22. The molecule has 1 atom stereocenters. The molecular formula is C15H22N2O2. The third-order valence-electron chi connectivity index (χ3n) is 3.26. The highest BCUT2D eigenvalue weighted by Gasteiger charge is 2.24. The van der Waals surface area contributed by atoms with Crippen LogP contribution in [0.25, 0.3) is 0 Å². The highest BCUT2D eigenvalue weighted by Crippen LogP contribution is 2.33. The SMILES string of the molecule is CCOc1cc(N)cc(C(=O)NC(C)CC2CC2)c1. The van der Waals surface area contributed by atoms with Gasteiger partial charge in [0.25, 0.3) is 5.91 Å². The number of hydrogen-bond donors (Lipinski definition) is 2. The molecular weight excluding hydrogens is 240 g/mol. The third-order valence-corrected chi connectivity index (χ3v) is 3.26. The van der Waals surface area contributed by atoms with Gasteiger partial charge in [-0.05, 0) is 38.3 Å². The van der Waals surface area contributed by atoms with Crippen molar-refractivity contribution < 1.29 is 9.53 Å². The van der Waals surface area contributed by atoms with Gasteiger partial charge in [0, 0.05) is 23.4 Å². The summed E-state index contributed by atoms with van der Waals surface area (Å²) in [5, 5.41) is 3.01. The lowest BCUT2D eigenvalue weighted by Gasteiger charge is -2.14. The van der Waals surface area contributed by atoms with Crippen LogP contribution in [-0.2, 0) is 0 Å². The van der Waals surface area contributed by atoms with Crippen LogP contribution in [-0.4, -0.2) is 18.6 Å². The van der Waals surface area contributed by atoms with Crippen molar-refractivity contribution >= 4 is 11.6 Å². The van der Waals surface area contributed by atoms with E-state index in [0.29, 0.717) is 23.6 Å². The number of hydrogen-bond acceptors (Lipinski definition) is 3. The van der Waals surface area contributed by atoms with Crippen molar-refractivity contribution in [1.82, 2.24) is 5.32 Å². The average molecular weight is 262 g/mol. The molecule has 0 bridgehead atoms. The van der Waals surface area contributed by atoms with Crippen molar-refractivity contribution in [2.75, 3.05) is 12.3 Å². The van der Waals surface area contributed by atoms with Gasteiger partial charge in [0.1, 0.15) is 5.75 Å². The molecule has 1 aliphatic carbocycles. The number of carbonyl (C=O) groups excluding carboxylic acids is 1. The quantitative estimate of drug-likeness (QED) is 0.774. The van der Waals surface area contributed by atoms with Gasteiger partial charge < -0.3 is 15.8 Å². The second kappa shape index (κ2) is 5.95. The number of nitrogens with one attached hydrogen (secondary N) is 1. The van der Waals surface area contributed by atoms with Gasteiger partial charge in [0.15, 0.2) is 0 Å². The Morgan fingerprint density at radius 1 is 1.47 bits per heavy atom. The second-order valence-corrected chi connectivity index (χ2v) is 5.28. The fourth-order valence-corrected chi connectivity index (χ4v) is 2.22. The van der Waals surface area contributed by atoms with Crippen LogP contribution < -0.4 is 15.8 Å². The number of carbonyl (C=O) groups is 1. The van der Waals surface area contributed by atoms with E-state index >= 15 is 0 Å². The predicted octanol–water partition coefficient (Wildman–Crippen LogP) is 2.59. The molecule has 1 aliphatic rings. The summed E-state index contributed by atoms with van der Waals surface area (Å²) in [6.07, 6.45) is 3.66. The summed E-state index contributed by atoms with van der Waals surface area (Å²) in [6.45, 7) is 4.51. The molecule has 0 spiro atoms. The van der Waals surface area contributed by atoms with Crippen LogP contribution in [0.1, 0.15) is 43.5 Å². The first-order chi connectivity index (χ1) is 9.08. The highest BCUT2D eigenvalue weighted by atomic mass is 16.5. The Morgan fingerprint density at radius 2 is 2.21 bits per heavy atom. The van der Waals surface area contributed by atoms with Crippen LogP contribution in [0.3, 0.4) is 0 Å². The maximum absolute atomic E-state index is 12.1. The molecule has 0 aromatic heterocycles. The molecule has 104 valence electrons. The Balaban J connectivity index is 2.00. The van der Waals surface area contributed by atoms with Crippen LogP contribution in [0.15, 0.2) is 18.2 Å². The number of rotatable bonds is 6. The molecule has 0 saturated heterocycles. The van der Waals surface area contributed by atoms with E-state index in [4.69, 9.17) is 10.5 Å². The van der Waals surface area contributed by atoms with Gasteiger partial charge in [0.05, 0.1) is 6.61 Å². The molecule has 0 heterocycles. The third kappa shape index (κ3) is 4.16. The zero-order valence-corrected chi connectivity index (χ0v) is 11.6. The molecule has 1 aromatic rings. The molecule has 3 N–H and O–H groups in total. The van der Waals surface area contributed by atoms with Crippen molar-refractivity contribution in [3.63, 3.8) is 0 Å². The summed E-state index contributed by atoms with van der Waals surface area (Å²) >= 11 is 0. The van der Waals surface area contributed by atoms with Crippen LogP contribution in [0, 0.1) is 5.92 Å². The minimum absolute atomic E-state index is 0.0820. The van der Waals surface area contributed by atoms with Crippen LogP contribution in [0.5, 0.6) is 5.75 Å². The number of ether oxygens (including phenoxy) is 1. The Bertz CT molecular complexity index is 455. The van der Waals surface area contributed by atoms with Gasteiger partial charge in [-0.2, -0.15) is 0 Å². The van der Waals surface area contributed by atoms with E-state index in [1.807, 2.05) is 13.8 Å². The normalized spacial score (nSPS) is 15.9. The summed E-state index contributed by atoms with van der Waals surface area (Å²) in [6, 6.07) is 5.35. The summed E-state index contributed by atoms with van der Waals surface area (Å²) in [5.74, 6) is 1.36. The summed E-state index contributed by atoms with van der Waals surface area (Å²) in [5.41, 5.74) is 6.90.